The second-order valence-electron chi connectivity index (χ2n) is 5.94. The number of anilines is 1. The van der Waals surface area contributed by atoms with Gasteiger partial charge in [-0.3, -0.25) is 9.69 Å². The second kappa shape index (κ2) is 8.43. The fraction of sp³-hybridized carbons (Fsp3) is 0.389. The maximum atomic E-state index is 12.2. The summed E-state index contributed by atoms with van der Waals surface area (Å²) < 4.78 is 5.19. The predicted octanol–water partition coefficient (Wildman–Crippen LogP) is 0.924. The molecule has 1 aromatic carbocycles. The van der Waals surface area contributed by atoms with Crippen molar-refractivity contribution in [3.63, 3.8) is 0 Å². The highest BCUT2D eigenvalue weighted by Gasteiger charge is 2.20. The number of ether oxygens (including phenoxy) is 1. The Morgan fingerprint density at radius 3 is 2.64 bits per heavy atom. The summed E-state index contributed by atoms with van der Waals surface area (Å²) >= 11 is 0. The smallest absolute Gasteiger partial charge is 0.234 e. The summed E-state index contributed by atoms with van der Waals surface area (Å²) in [6, 6.07) is 9.53. The molecule has 1 aliphatic heterocycles. The van der Waals surface area contributed by atoms with Gasteiger partial charge in [0.1, 0.15) is 5.75 Å². The molecular formula is C18H23N5O2. The number of carbonyl (C=O) groups excluding carboxylic acids is 1. The molecule has 2 heterocycles. The number of rotatable bonds is 6. The fourth-order valence-corrected chi connectivity index (χ4v) is 2.80. The summed E-state index contributed by atoms with van der Waals surface area (Å²) in [5.41, 5.74) is 1.03. The Morgan fingerprint density at radius 1 is 1.16 bits per heavy atom. The molecule has 1 aliphatic rings. The van der Waals surface area contributed by atoms with Gasteiger partial charge in [0.25, 0.3) is 0 Å². The zero-order chi connectivity index (χ0) is 17.5. The Balaban J connectivity index is 1.42. The van der Waals surface area contributed by atoms with Crippen LogP contribution < -0.4 is 15.0 Å². The standard InChI is InChI=1S/C18H23N5O2/c1-25-16-5-2-4-15(12-16)13-21-17(24)14-22-8-10-23(11-9-22)18-19-6-3-7-20-18/h2-7,12H,8-11,13-14H2,1H3,(H,21,24). The number of nitrogens with one attached hydrogen (secondary N) is 1. The van der Waals surface area contributed by atoms with Gasteiger partial charge in [-0.2, -0.15) is 0 Å². The Kier molecular flexibility index (Phi) is 5.79. The lowest BCUT2D eigenvalue weighted by atomic mass is 10.2. The normalized spacial score (nSPS) is 15.0. The quantitative estimate of drug-likeness (QED) is 0.843. The van der Waals surface area contributed by atoms with Crippen LogP contribution >= 0.6 is 0 Å². The largest absolute Gasteiger partial charge is 0.497 e. The van der Waals surface area contributed by atoms with Gasteiger partial charge in [-0.15, -0.1) is 0 Å². The van der Waals surface area contributed by atoms with Crippen LogP contribution in [0.5, 0.6) is 5.75 Å². The number of piperazine rings is 1. The zero-order valence-electron chi connectivity index (χ0n) is 14.4. The van der Waals surface area contributed by atoms with Crippen molar-refractivity contribution in [3.05, 3.63) is 48.3 Å². The fourth-order valence-electron chi connectivity index (χ4n) is 2.80. The van der Waals surface area contributed by atoms with Crippen molar-refractivity contribution in [2.24, 2.45) is 0 Å². The van der Waals surface area contributed by atoms with Crippen LogP contribution in [0.3, 0.4) is 0 Å². The molecule has 7 heteroatoms. The molecule has 0 bridgehead atoms. The maximum absolute atomic E-state index is 12.2. The minimum absolute atomic E-state index is 0.0345. The first-order valence-corrected chi connectivity index (χ1v) is 8.38. The van der Waals surface area contributed by atoms with Crippen LogP contribution in [0.2, 0.25) is 0 Å². The molecule has 132 valence electrons. The molecule has 7 nitrogen and oxygen atoms in total. The molecule has 1 N–H and O–H groups in total. The van der Waals surface area contributed by atoms with Gasteiger partial charge in [0.15, 0.2) is 0 Å². The van der Waals surface area contributed by atoms with Crippen molar-refractivity contribution in [1.82, 2.24) is 20.2 Å². The number of benzene rings is 1. The van der Waals surface area contributed by atoms with E-state index in [1.807, 2.05) is 30.3 Å². The number of hydrogen-bond acceptors (Lipinski definition) is 6. The van der Waals surface area contributed by atoms with E-state index in [0.717, 1.165) is 43.4 Å². The van der Waals surface area contributed by atoms with Gasteiger partial charge >= 0.3 is 0 Å². The van der Waals surface area contributed by atoms with Crippen LogP contribution in [0.1, 0.15) is 5.56 Å². The summed E-state index contributed by atoms with van der Waals surface area (Å²) in [7, 11) is 1.64. The second-order valence-corrected chi connectivity index (χ2v) is 5.94. The van der Waals surface area contributed by atoms with Crippen LogP contribution in [0.4, 0.5) is 5.95 Å². The minimum Gasteiger partial charge on any atom is -0.497 e. The summed E-state index contributed by atoms with van der Waals surface area (Å²) in [5.74, 6) is 1.59. The van der Waals surface area contributed by atoms with Crippen LogP contribution in [0, 0.1) is 0 Å². The maximum Gasteiger partial charge on any atom is 0.234 e. The first-order chi connectivity index (χ1) is 12.2. The molecule has 25 heavy (non-hydrogen) atoms. The van der Waals surface area contributed by atoms with Gasteiger partial charge in [0.2, 0.25) is 11.9 Å². The van der Waals surface area contributed by atoms with E-state index < -0.39 is 0 Å². The van der Waals surface area contributed by atoms with Crippen LogP contribution in [0.15, 0.2) is 42.7 Å². The lowest BCUT2D eigenvalue weighted by Crippen LogP contribution is -2.49. The van der Waals surface area contributed by atoms with Crippen molar-refractivity contribution in [3.8, 4) is 5.75 Å². The third kappa shape index (κ3) is 4.90. The number of aromatic nitrogens is 2. The Bertz CT molecular complexity index is 687. The monoisotopic (exact) mass is 341 g/mol. The van der Waals surface area contributed by atoms with E-state index in [-0.39, 0.29) is 5.91 Å². The third-order valence-electron chi connectivity index (χ3n) is 4.20. The highest BCUT2D eigenvalue weighted by Crippen LogP contribution is 2.12. The van der Waals surface area contributed by atoms with Crippen molar-refractivity contribution in [2.45, 2.75) is 6.54 Å². The van der Waals surface area contributed by atoms with Crippen LogP contribution in [0.25, 0.3) is 0 Å². The molecule has 0 atom stereocenters. The predicted molar refractivity (Wildman–Crippen MR) is 95.5 cm³/mol. The topological polar surface area (TPSA) is 70.6 Å². The Labute approximate surface area is 147 Å². The number of nitrogens with zero attached hydrogens (tertiary/aromatic N) is 4. The number of hydrogen-bond donors (Lipinski definition) is 1. The molecule has 1 amide bonds. The molecular weight excluding hydrogens is 318 g/mol. The molecule has 1 saturated heterocycles. The summed E-state index contributed by atoms with van der Waals surface area (Å²) in [6.45, 7) is 4.22. The lowest BCUT2D eigenvalue weighted by Gasteiger charge is -2.34. The molecule has 2 aromatic rings. The van der Waals surface area contributed by atoms with Gasteiger partial charge in [-0.25, -0.2) is 9.97 Å². The van der Waals surface area contributed by atoms with E-state index in [0.29, 0.717) is 13.1 Å². The SMILES string of the molecule is COc1cccc(CNC(=O)CN2CCN(c3ncccn3)CC2)c1. The molecule has 0 radical (unpaired) electrons. The van der Waals surface area contributed by atoms with Crippen molar-refractivity contribution in [2.75, 3.05) is 44.7 Å². The molecule has 0 aliphatic carbocycles. The molecule has 0 spiro atoms. The third-order valence-corrected chi connectivity index (χ3v) is 4.20. The van der Waals surface area contributed by atoms with Gasteiger partial charge in [0, 0.05) is 45.1 Å². The average Bonchev–Trinajstić information content (AvgIpc) is 2.68. The molecule has 0 unspecified atom stereocenters. The molecule has 0 saturated carbocycles. The van der Waals surface area contributed by atoms with E-state index >= 15 is 0 Å². The van der Waals surface area contributed by atoms with Crippen LogP contribution in [-0.4, -0.2) is 60.6 Å². The van der Waals surface area contributed by atoms with E-state index in [1.165, 1.54) is 0 Å². The van der Waals surface area contributed by atoms with Gasteiger partial charge in [-0.1, -0.05) is 12.1 Å². The first-order valence-electron chi connectivity index (χ1n) is 8.38. The highest BCUT2D eigenvalue weighted by molar-refractivity contribution is 5.78. The number of carbonyl (C=O) groups is 1. The van der Waals surface area contributed by atoms with E-state index in [2.05, 4.69) is 25.1 Å². The summed E-state index contributed by atoms with van der Waals surface area (Å²) in [4.78, 5) is 25.0. The van der Waals surface area contributed by atoms with Gasteiger partial charge in [-0.05, 0) is 23.8 Å². The molecule has 1 aromatic heterocycles. The van der Waals surface area contributed by atoms with Crippen molar-refractivity contribution in [1.29, 1.82) is 0 Å². The summed E-state index contributed by atoms with van der Waals surface area (Å²) in [5, 5.41) is 2.97. The first kappa shape index (κ1) is 17.2. The Morgan fingerprint density at radius 2 is 1.92 bits per heavy atom. The van der Waals surface area contributed by atoms with Gasteiger partial charge in [0.05, 0.1) is 13.7 Å². The molecule has 3 rings (SSSR count). The van der Waals surface area contributed by atoms with E-state index in [9.17, 15) is 4.79 Å². The van der Waals surface area contributed by atoms with Crippen molar-refractivity contribution < 1.29 is 9.53 Å². The van der Waals surface area contributed by atoms with Crippen molar-refractivity contribution >= 4 is 11.9 Å². The van der Waals surface area contributed by atoms with E-state index in [1.54, 1.807) is 19.5 Å². The molecule has 1 fully saturated rings. The summed E-state index contributed by atoms with van der Waals surface area (Å²) in [6.07, 6.45) is 3.50. The number of methoxy groups -OCH3 is 1. The average molecular weight is 341 g/mol. The highest BCUT2D eigenvalue weighted by atomic mass is 16.5. The van der Waals surface area contributed by atoms with Gasteiger partial charge < -0.3 is 15.0 Å². The Hall–Kier alpha value is -2.67. The van der Waals surface area contributed by atoms with Crippen LogP contribution in [-0.2, 0) is 11.3 Å². The van der Waals surface area contributed by atoms with E-state index in [4.69, 9.17) is 4.74 Å². The number of amides is 1. The lowest BCUT2D eigenvalue weighted by molar-refractivity contribution is -0.122. The zero-order valence-corrected chi connectivity index (χ0v) is 14.4. The minimum atomic E-state index is 0.0345.